The third-order valence-corrected chi connectivity index (χ3v) is 4.50. The largest absolute Gasteiger partial charge is 0.337 e. The van der Waals surface area contributed by atoms with Gasteiger partial charge in [0.1, 0.15) is 4.88 Å². The van der Waals surface area contributed by atoms with Gasteiger partial charge in [-0.05, 0) is 32.2 Å². The molecule has 0 aromatic carbocycles. The third kappa shape index (κ3) is 3.81. The maximum atomic E-state index is 12.3. The Labute approximate surface area is 130 Å². The summed E-state index contributed by atoms with van der Waals surface area (Å²) in [6.07, 6.45) is 0.992. The number of aryl methyl sites for hydroxylation is 2. The molecule has 2 rings (SSSR count). The van der Waals surface area contributed by atoms with Gasteiger partial charge in [-0.1, -0.05) is 6.92 Å². The second-order valence-electron chi connectivity index (χ2n) is 5.14. The number of halogens is 2. The minimum Gasteiger partial charge on any atom is -0.337 e. The average Bonchev–Trinajstić information content (AvgIpc) is 2.82. The molecule has 1 fully saturated rings. The molecule has 1 aromatic rings. The number of carbonyl (C=O) groups is 1. The van der Waals surface area contributed by atoms with Crippen molar-refractivity contribution < 1.29 is 4.79 Å². The fourth-order valence-corrected chi connectivity index (χ4v) is 3.12. The Hall–Kier alpha value is -0.360. The van der Waals surface area contributed by atoms with Gasteiger partial charge in [0.15, 0.2) is 0 Å². The molecule has 19 heavy (non-hydrogen) atoms. The Morgan fingerprint density at radius 1 is 1.47 bits per heavy atom. The van der Waals surface area contributed by atoms with Crippen molar-refractivity contribution in [2.75, 3.05) is 19.6 Å². The lowest BCUT2D eigenvalue weighted by atomic mass is 9.90. The molecule has 0 spiro atoms. The molecular weight excluding hydrogens is 305 g/mol. The molecule has 1 aliphatic heterocycles. The van der Waals surface area contributed by atoms with E-state index in [-0.39, 0.29) is 36.1 Å². The van der Waals surface area contributed by atoms with Crippen LogP contribution in [0.2, 0.25) is 0 Å². The minimum atomic E-state index is 0. The Bertz CT molecular complexity index is 452. The van der Waals surface area contributed by atoms with Crippen LogP contribution in [0.1, 0.15) is 33.7 Å². The van der Waals surface area contributed by atoms with E-state index >= 15 is 0 Å². The molecule has 0 saturated carbocycles. The topological polar surface area (TPSA) is 59.2 Å². The van der Waals surface area contributed by atoms with Crippen LogP contribution in [0.3, 0.4) is 0 Å². The first-order valence-corrected chi connectivity index (χ1v) is 6.70. The SMILES string of the molecule is Cc1nc(C)c(C(=O)N2CCC(C)(CN)C2)s1.Cl.Cl. The highest BCUT2D eigenvalue weighted by Gasteiger charge is 2.36. The molecule has 1 saturated heterocycles. The van der Waals surface area contributed by atoms with Crippen LogP contribution in [0, 0.1) is 19.3 Å². The maximum absolute atomic E-state index is 12.3. The molecule has 1 unspecified atom stereocenters. The van der Waals surface area contributed by atoms with Crippen molar-refractivity contribution in [3.05, 3.63) is 15.6 Å². The van der Waals surface area contributed by atoms with Gasteiger partial charge >= 0.3 is 0 Å². The number of thiazole rings is 1. The first kappa shape index (κ1) is 18.6. The minimum absolute atomic E-state index is 0. The van der Waals surface area contributed by atoms with Crippen LogP contribution in [-0.4, -0.2) is 35.4 Å². The van der Waals surface area contributed by atoms with Crippen molar-refractivity contribution in [2.45, 2.75) is 27.2 Å². The molecule has 2 heterocycles. The van der Waals surface area contributed by atoms with E-state index in [0.29, 0.717) is 6.54 Å². The van der Waals surface area contributed by atoms with Crippen molar-refractivity contribution in [1.82, 2.24) is 9.88 Å². The van der Waals surface area contributed by atoms with E-state index in [1.54, 1.807) is 0 Å². The normalized spacial score (nSPS) is 21.8. The van der Waals surface area contributed by atoms with Gasteiger partial charge in [-0.3, -0.25) is 4.79 Å². The van der Waals surface area contributed by atoms with Gasteiger partial charge in [0.05, 0.1) is 10.7 Å². The third-order valence-electron chi connectivity index (χ3n) is 3.44. The van der Waals surface area contributed by atoms with Crippen molar-refractivity contribution >= 4 is 42.1 Å². The standard InChI is InChI=1S/C12H19N3OS.2ClH/c1-8-10(17-9(2)14-8)11(16)15-5-4-12(3,6-13)7-15;;/h4-7,13H2,1-3H3;2*1H. The summed E-state index contributed by atoms with van der Waals surface area (Å²) in [5.41, 5.74) is 6.69. The summed E-state index contributed by atoms with van der Waals surface area (Å²) < 4.78 is 0. The van der Waals surface area contributed by atoms with Gasteiger partial charge in [0, 0.05) is 13.1 Å². The molecule has 110 valence electrons. The summed E-state index contributed by atoms with van der Waals surface area (Å²) in [4.78, 5) is 19.3. The molecule has 1 amide bonds. The maximum Gasteiger partial charge on any atom is 0.265 e. The van der Waals surface area contributed by atoms with Gasteiger partial charge < -0.3 is 10.6 Å². The monoisotopic (exact) mass is 325 g/mol. The zero-order valence-electron chi connectivity index (χ0n) is 11.4. The summed E-state index contributed by atoms with van der Waals surface area (Å²) in [5, 5.41) is 0.951. The molecule has 1 atom stereocenters. The summed E-state index contributed by atoms with van der Waals surface area (Å²) in [6.45, 7) is 8.18. The van der Waals surface area contributed by atoms with Gasteiger partial charge in [-0.2, -0.15) is 0 Å². The fourth-order valence-electron chi connectivity index (χ4n) is 2.24. The van der Waals surface area contributed by atoms with Crippen molar-refractivity contribution in [3.8, 4) is 0 Å². The van der Waals surface area contributed by atoms with E-state index in [1.165, 1.54) is 11.3 Å². The van der Waals surface area contributed by atoms with E-state index in [1.807, 2.05) is 18.7 Å². The number of amides is 1. The number of likely N-dealkylation sites (tertiary alicyclic amines) is 1. The Morgan fingerprint density at radius 2 is 2.11 bits per heavy atom. The molecule has 1 aliphatic rings. The molecule has 2 N–H and O–H groups in total. The quantitative estimate of drug-likeness (QED) is 0.908. The number of hydrogen-bond donors (Lipinski definition) is 1. The van der Waals surface area contributed by atoms with Crippen LogP contribution in [0.5, 0.6) is 0 Å². The summed E-state index contributed by atoms with van der Waals surface area (Å²) >= 11 is 1.48. The van der Waals surface area contributed by atoms with Crippen molar-refractivity contribution in [1.29, 1.82) is 0 Å². The highest BCUT2D eigenvalue weighted by Crippen LogP contribution is 2.30. The first-order valence-electron chi connectivity index (χ1n) is 5.88. The van der Waals surface area contributed by atoms with E-state index in [0.717, 1.165) is 35.1 Å². The Kier molecular flexibility index (Phi) is 6.75. The predicted molar refractivity (Wildman–Crippen MR) is 83.8 cm³/mol. The highest BCUT2D eigenvalue weighted by atomic mass is 35.5. The number of nitrogens with two attached hydrogens (primary N) is 1. The Morgan fingerprint density at radius 3 is 2.53 bits per heavy atom. The van der Waals surface area contributed by atoms with Crippen LogP contribution in [-0.2, 0) is 0 Å². The summed E-state index contributed by atoms with van der Waals surface area (Å²) in [6, 6.07) is 0. The predicted octanol–water partition coefficient (Wildman–Crippen LogP) is 2.41. The molecule has 0 bridgehead atoms. The summed E-state index contributed by atoms with van der Waals surface area (Å²) in [5.74, 6) is 0.116. The average molecular weight is 326 g/mol. The van der Waals surface area contributed by atoms with Crippen LogP contribution in [0.15, 0.2) is 0 Å². The number of carbonyl (C=O) groups excluding carboxylic acids is 1. The molecule has 4 nitrogen and oxygen atoms in total. The van der Waals surface area contributed by atoms with Crippen molar-refractivity contribution in [3.63, 3.8) is 0 Å². The summed E-state index contributed by atoms with van der Waals surface area (Å²) in [7, 11) is 0. The van der Waals surface area contributed by atoms with Gasteiger partial charge in [0.25, 0.3) is 5.91 Å². The van der Waals surface area contributed by atoms with E-state index in [2.05, 4.69) is 11.9 Å². The van der Waals surface area contributed by atoms with Crippen LogP contribution < -0.4 is 5.73 Å². The second-order valence-corrected chi connectivity index (χ2v) is 6.34. The first-order chi connectivity index (χ1) is 7.95. The van der Waals surface area contributed by atoms with Gasteiger partial charge in [0.2, 0.25) is 0 Å². The van der Waals surface area contributed by atoms with E-state index in [4.69, 9.17) is 5.73 Å². The number of nitrogens with zero attached hydrogens (tertiary/aromatic N) is 2. The zero-order valence-corrected chi connectivity index (χ0v) is 13.9. The fraction of sp³-hybridized carbons (Fsp3) is 0.667. The second kappa shape index (κ2) is 6.88. The van der Waals surface area contributed by atoms with Crippen molar-refractivity contribution in [2.24, 2.45) is 11.1 Å². The van der Waals surface area contributed by atoms with Gasteiger partial charge in [-0.15, -0.1) is 36.2 Å². The molecule has 1 aromatic heterocycles. The highest BCUT2D eigenvalue weighted by molar-refractivity contribution is 7.13. The number of aromatic nitrogens is 1. The van der Waals surface area contributed by atoms with Gasteiger partial charge in [-0.25, -0.2) is 4.98 Å². The molecule has 0 aliphatic carbocycles. The Balaban J connectivity index is 0.00000162. The van der Waals surface area contributed by atoms with E-state index < -0.39 is 0 Å². The molecular formula is C12H21Cl2N3OS. The van der Waals surface area contributed by atoms with Crippen LogP contribution >= 0.6 is 36.2 Å². The van der Waals surface area contributed by atoms with Crippen LogP contribution in [0.25, 0.3) is 0 Å². The number of hydrogen-bond acceptors (Lipinski definition) is 4. The van der Waals surface area contributed by atoms with E-state index in [9.17, 15) is 4.79 Å². The zero-order chi connectivity index (χ0) is 12.6. The lowest BCUT2D eigenvalue weighted by Crippen LogP contribution is -2.34. The number of rotatable bonds is 2. The lowest BCUT2D eigenvalue weighted by Gasteiger charge is -2.22. The smallest absolute Gasteiger partial charge is 0.265 e. The van der Waals surface area contributed by atoms with Crippen LogP contribution in [0.4, 0.5) is 0 Å². The lowest BCUT2D eigenvalue weighted by molar-refractivity contribution is 0.0780. The molecule has 0 radical (unpaired) electrons. The molecule has 7 heteroatoms.